The molecule has 4 heteroatoms. The maximum atomic E-state index is 5.47. The molecule has 1 saturated heterocycles. The quantitative estimate of drug-likeness (QED) is 0.652. The number of nitrogens with one attached hydrogen (secondary N) is 1. The van der Waals surface area contributed by atoms with Gasteiger partial charge < -0.3 is 20.5 Å². The summed E-state index contributed by atoms with van der Waals surface area (Å²) in [7, 11) is 3.44. The first kappa shape index (κ1) is 12.8. The fourth-order valence-electron chi connectivity index (χ4n) is 1.13. The highest BCUT2D eigenvalue weighted by molar-refractivity contribution is 4.68. The molecule has 13 heavy (non-hydrogen) atoms. The van der Waals surface area contributed by atoms with Gasteiger partial charge in [-0.2, -0.15) is 0 Å². The van der Waals surface area contributed by atoms with Gasteiger partial charge in [0.1, 0.15) is 0 Å². The van der Waals surface area contributed by atoms with Crippen LogP contribution in [-0.4, -0.2) is 39.6 Å². The van der Waals surface area contributed by atoms with Crippen LogP contribution < -0.4 is 11.1 Å². The second-order valence-corrected chi connectivity index (χ2v) is 3.45. The van der Waals surface area contributed by atoms with E-state index in [0.29, 0.717) is 5.92 Å². The second-order valence-electron chi connectivity index (χ2n) is 3.45. The standard InChI is InChI=1S/C8H17NO2.CH5N/c1-8(2)10-5-7(4-9-3)6-11-8;1-2/h7,9H,4-6H2,1-3H3;2H2,1H3. The summed E-state index contributed by atoms with van der Waals surface area (Å²) in [6.07, 6.45) is 0. The maximum absolute atomic E-state index is 5.47. The highest BCUT2D eigenvalue weighted by atomic mass is 16.7. The van der Waals surface area contributed by atoms with Crippen LogP contribution in [0.3, 0.4) is 0 Å². The maximum Gasteiger partial charge on any atom is 0.162 e. The summed E-state index contributed by atoms with van der Waals surface area (Å²) >= 11 is 0. The van der Waals surface area contributed by atoms with Gasteiger partial charge in [0.05, 0.1) is 13.2 Å². The van der Waals surface area contributed by atoms with Gasteiger partial charge in [-0.15, -0.1) is 0 Å². The summed E-state index contributed by atoms with van der Waals surface area (Å²) in [5.74, 6) is 0.137. The van der Waals surface area contributed by atoms with E-state index in [0.717, 1.165) is 19.8 Å². The molecule has 0 atom stereocenters. The highest BCUT2D eigenvalue weighted by Crippen LogP contribution is 2.19. The van der Waals surface area contributed by atoms with Crippen molar-refractivity contribution in [2.75, 3.05) is 33.9 Å². The smallest absolute Gasteiger partial charge is 0.162 e. The number of hydrogen-bond donors (Lipinski definition) is 2. The molecule has 0 radical (unpaired) electrons. The van der Waals surface area contributed by atoms with E-state index in [4.69, 9.17) is 9.47 Å². The zero-order chi connectivity index (χ0) is 10.3. The van der Waals surface area contributed by atoms with E-state index >= 15 is 0 Å². The average Bonchev–Trinajstić information content (AvgIpc) is 2.13. The van der Waals surface area contributed by atoms with Gasteiger partial charge in [-0.1, -0.05) is 0 Å². The van der Waals surface area contributed by atoms with Crippen molar-refractivity contribution in [2.45, 2.75) is 19.6 Å². The lowest BCUT2D eigenvalue weighted by Gasteiger charge is -2.34. The van der Waals surface area contributed by atoms with Gasteiger partial charge in [0, 0.05) is 12.5 Å². The number of ether oxygens (including phenoxy) is 2. The molecule has 4 nitrogen and oxygen atoms in total. The lowest BCUT2D eigenvalue weighted by Crippen LogP contribution is -2.42. The fourth-order valence-corrected chi connectivity index (χ4v) is 1.13. The van der Waals surface area contributed by atoms with Gasteiger partial charge in [-0.3, -0.25) is 0 Å². The zero-order valence-corrected chi connectivity index (χ0v) is 9.09. The first-order valence-corrected chi connectivity index (χ1v) is 4.64. The van der Waals surface area contributed by atoms with Crippen LogP contribution in [0.2, 0.25) is 0 Å². The molecule has 0 saturated carbocycles. The molecule has 0 spiro atoms. The summed E-state index contributed by atoms with van der Waals surface area (Å²) in [5.41, 5.74) is 4.50. The molecule has 1 aliphatic heterocycles. The minimum Gasteiger partial charge on any atom is -0.350 e. The van der Waals surface area contributed by atoms with Crippen molar-refractivity contribution in [1.29, 1.82) is 0 Å². The van der Waals surface area contributed by atoms with E-state index in [-0.39, 0.29) is 5.79 Å². The van der Waals surface area contributed by atoms with Crippen LogP contribution >= 0.6 is 0 Å². The third-order valence-corrected chi connectivity index (χ3v) is 1.83. The Balaban J connectivity index is 0.000000671. The normalized spacial score (nSPS) is 21.9. The summed E-state index contributed by atoms with van der Waals surface area (Å²) in [4.78, 5) is 0. The topological polar surface area (TPSA) is 56.5 Å². The Morgan fingerprint density at radius 1 is 1.31 bits per heavy atom. The predicted octanol–water partition coefficient (Wildman–Crippen LogP) is 0.180. The molecule has 0 bridgehead atoms. The van der Waals surface area contributed by atoms with Crippen molar-refractivity contribution < 1.29 is 9.47 Å². The average molecular weight is 190 g/mol. The van der Waals surface area contributed by atoms with E-state index in [1.54, 1.807) is 0 Å². The van der Waals surface area contributed by atoms with Crippen molar-refractivity contribution in [3.05, 3.63) is 0 Å². The number of hydrogen-bond acceptors (Lipinski definition) is 4. The fraction of sp³-hybridized carbons (Fsp3) is 1.00. The van der Waals surface area contributed by atoms with Crippen molar-refractivity contribution in [1.82, 2.24) is 5.32 Å². The van der Waals surface area contributed by atoms with Crippen LogP contribution in [0.4, 0.5) is 0 Å². The summed E-state index contributed by atoms with van der Waals surface area (Å²) in [6.45, 7) is 6.46. The molecule has 1 heterocycles. The predicted molar refractivity (Wildman–Crippen MR) is 53.5 cm³/mol. The Kier molecular flexibility index (Phi) is 6.24. The van der Waals surface area contributed by atoms with Crippen LogP contribution in [0.5, 0.6) is 0 Å². The molecule has 0 unspecified atom stereocenters. The van der Waals surface area contributed by atoms with Gasteiger partial charge in [-0.05, 0) is 27.9 Å². The lowest BCUT2D eigenvalue weighted by atomic mass is 10.1. The van der Waals surface area contributed by atoms with Gasteiger partial charge in [-0.25, -0.2) is 0 Å². The van der Waals surface area contributed by atoms with Crippen LogP contribution in [-0.2, 0) is 9.47 Å². The van der Waals surface area contributed by atoms with Gasteiger partial charge in [0.25, 0.3) is 0 Å². The summed E-state index contributed by atoms with van der Waals surface area (Å²) < 4.78 is 10.9. The molecule has 0 aromatic heterocycles. The molecular weight excluding hydrogens is 168 g/mol. The molecule has 1 aliphatic rings. The van der Waals surface area contributed by atoms with Gasteiger partial charge >= 0.3 is 0 Å². The van der Waals surface area contributed by atoms with Crippen molar-refractivity contribution in [3.8, 4) is 0 Å². The van der Waals surface area contributed by atoms with E-state index in [1.165, 1.54) is 7.05 Å². The molecule has 80 valence electrons. The summed E-state index contributed by atoms with van der Waals surface area (Å²) in [5, 5.41) is 3.10. The SMILES string of the molecule is CN.CNCC1COC(C)(C)OC1. The monoisotopic (exact) mass is 190 g/mol. The minimum absolute atomic E-state index is 0.371. The Hall–Kier alpha value is -0.160. The third kappa shape index (κ3) is 5.21. The second kappa shape index (κ2) is 6.32. The molecular formula is C9H22N2O2. The van der Waals surface area contributed by atoms with E-state index < -0.39 is 0 Å². The number of nitrogens with two attached hydrogens (primary N) is 1. The molecule has 1 rings (SSSR count). The van der Waals surface area contributed by atoms with Crippen LogP contribution in [0.15, 0.2) is 0 Å². The number of rotatable bonds is 2. The van der Waals surface area contributed by atoms with Crippen LogP contribution in [0.25, 0.3) is 0 Å². The molecule has 0 aromatic rings. The zero-order valence-electron chi connectivity index (χ0n) is 9.09. The van der Waals surface area contributed by atoms with E-state index in [2.05, 4.69) is 11.1 Å². The van der Waals surface area contributed by atoms with Crippen LogP contribution in [0.1, 0.15) is 13.8 Å². The minimum atomic E-state index is -0.371. The van der Waals surface area contributed by atoms with Crippen LogP contribution in [0, 0.1) is 5.92 Å². The Labute approximate surface area is 80.8 Å². The summed E-state index contributed by atoms with van der Waals surface area (Å²) in [6, 6.07) is 0. The Morgan fingerprint density at radius 3 is 2.15 bits per heavy atom. The highest BCUT2D eigenvalue weighted by Gasteiger charge is 2.27. The van der Waals surface area contributed by atoms with Gasteiger partial charge in [0.15, 0.2) is 5.79 Å². The van der Waals surface area contributed by atoms with Crippen molar-refractivity contribution in [2.24, 2.45) is 11.7 Å². The molecule has 0 amide bonds. The molecule has 0 aromatic carbocycles. The Bertz CT molecular complexity index is 119. The first-order valence-electron chi connectivity index (χ1n) is 4.64. The van der Waals surface area contributed by atoms with Crippen molar-refractivity contribution in [3.63, 3.8) is 0 Å². The molecule has 0 aliphatic carbocycles. The Morgan fingerprint density at radius 2 is 1.77 bits per heavy atom. The van der Waals surface area contributed by atoms with E-state index in [9.17, 15) is 0 Å². The molecule has 3 N–H and O–H groups in total. The third-order valence-electron chi connectivity index (χ3n) is 1.83. The largest absolute Gasteiger partial charge is 0.350 e. The lowest BCUT2D eigenvalue weighted by molar-refractivity contribution is -0.261. The van der Waals surface area contributed by atoms with E-state index in [1.807, 2.05) is 20.9 Å². The first-order chi connectivity index (χ1) is 6.14. The molecule has 1 fully saturated rings. The van der Waals surface area contributed by atoms with Crippen molar-refractivity contribution >= 4 is 0 Å². The van der Waals surface area contributed by atoms with Gasteiger partial charge in [0.2, 0.25) is 0 Å².